The van der Waals surface area contributed by atoms with Gasteiger partial charge in [-0.25, -0.2) is 9.97 Å². The predicted molar refractivity (Wildman–Crippen MR) is 71.0 cm³/mol. The molecule has 6 heteroatoms. The second kappa shape index (κ2) is 5.33. The molecule has 0 aliphatic carbocycles. The van der Waals surface area contributed by atoms with E-state index < -0.39 is 0 Å². The number of hydrogen-bond acceptors (Lipinski definition) is 4. The van der Waals surface area contributed by atoms with Gasteiger partial charge in [0.1, 0.15) is 23.0 Å². The van der Waals surface area contributed by atoms with Gasteiger partial charge < -0.3 is 10.1 Å². The number of nitrogens with one attached hydrogen (secondary N) is 1. The molecular weight excluding hydrogens is 305 g/mol. The Morgan fingerprint density at radius 1 is 1.24 bits per heavy atom. The van der Waals surface area contributed by atoms with Crippen molar-refractivity contribution in [1.29, 1.82) is 0 Å². The first kappa shape index (κ1) is 12.1. The highest BCUT2D eigenvalue weighted by molar-refractivity contribution is 9.10. The standard InChI is InChI=1S/C11H9BrClN3O/c1-17-8-4-2-7(3-5-8)16-11-9(12)10(13)14-6-15-11/h2-6H,1H3,(H,14,15,16). The fourth-order valence-electron chi connectivity index (χ4n) is 1.25. The summed E-state index contributed by atoms with van der Waals surface area (Å²) >= 11 is 9.19. The number of rotatable bonds is 3. The fourth-order valence-corrected chi connectivity index (χ4v) is 1.68. The highest BCUT2D eigenvalue weighted by Crippen LogP contribution is 2.28. The lowest BCUT2D eigenvalue weighted by Crippen LogP contribution is -1.96. The molecule has 0 aliphatic heterocycles. The second-order valence-electron chi connectivity index (χ2n) is 3.18. The molecule has 1 aromatic heterocycles. The first-order valence-electron chi connectivity index (χ1n) is 4.78. The molecule has 2 rings (SSSR count). The lowest BCUT2D eigenvalue weighted by molar-refractivity contribution is 0.415. The Bertz CT molecular complexity index is 519. The van der Waals surface area contributed by atoms with Gasteiger partial charge in [-0.15, -0.1) is 0 Å². The highest BCUT2D eigenvalue weighted by Gasteiger charge is 2.06. The van der Waals surface area contributed by atoms with Crippen LogP contribution in [0.3, 0.4) is 0 Å². The third-order valence-electron chi connectivity index (χ3n) is 2.10. The predicted octanol–water partition coefficient (Wildman–Crippen LogP) is 3.64. The second-order valence-corrected chi connectivity index (χ2v) is 4.33. The Hall–Kier alpha value is -1.33. The van der Waals surface area contributed by atoms with Crippen LogP contribution in [-0.4, -0.2) is 17.1 Å². The average molecular weight is 315 g/mol. The van der Waals surface area contributed by atoms with Crippen molar-refractivity contribution in [3.63, 3.8) is 0 Å². The molecule has 0 bridgehead atoms. The molecule has 4 nitrogen and oxygen atoms in total. The zero-order valence-electron chi connectivity index (χ0n) is 8.95. The average Bonchev–Trinajstić information content (AvgIpc) is 2.36. The van der Waals surface area contributed by atoms with E-state index in [1.165, 1.54) is 6.33 Å². The van der Waals surface area contributed by atoms with Crippen LogP contribution in [0.5, 0.6) is 5.75 Å². The minimum absolute atomic E-state index is 0.371. The zero-order valence-corrected chi connectivity index (χ0v) is 11.3. The smallest absolute Gasteiger partial charge is 0.149 e. The number of anilines is 2. The van der Waals surface area contributed by atoms with E-state index in [1.54, 1.807) is 7.11 Å². The van der Waals surface area contributed by atoms with Gasteiger partial charge in [0.05, 0.1) is 11.6 Å². The van der Waals surface area contributed by atoms with E-state index in [9.17, 15) is 0 Å². The van der Waals surface area contributed by atoms with Crippen LogP contribution in [0.25, 0.3) is 0 Å². The quantitative estimate of drug-likeness (QED) is 0.879. The van der Waals surface area contributed by atoms with Crippen LogP contribution >= 0.6 is 27.5 Å². The summed E-state index contributed by atoms with van der Waals surface area (Å²) in [5.41, 5.74) is 0.890. The maximum atomic E-state index is 5.87. The summed E-state index contributed by atoms with van der Waals surface area (Å²) in [6.45, 7) is 0. The lowest BCUT2D eigenvalue weighted by atomic mass is 10.3. The number of benzene rings is 1. The van der Waals surface area contributed by atoms with Gasteiger partial charge in [-0.3, -0.25) is 0 Å². The van der Waals surface area contributed by atoms with Crippen LogP contribution in [0.4, 0.5) is 11.5 Å². The van der Waals surface area contributed by atoms with Crippen molar-refractivity contribution in [2.45, 2.75) is 0 Å². The van der Waals surface area contributed by atoms with Crippen molar-refractivity contribution >= 4 is 39.0 Å². The number of methoxy groups -OCH3 is 1. The molecule has 0 saturated heterocycles. The van der Waals surface area contributed by atoms with Gasteiger partial charge in [0.25, 0.3) is 0 Å². The summed E-state index contributed by atoms with van der Waals surface area (Å²) in [4.78, 5) is 7.95. The molecule has 1 aromatic carbocycles. The first-order valence-corrected chi connectivity index (χ1v) is 5.95. The van der Waals surface area contributed by atoms with Crippen molar-refractivity contribution in [3.8, 4) is 5.75 Å². The van der Waals surface area contributed by atoms with Crippen LogP contribution < -0.4 is 10.1 Å². The maximum Gasteiger partial charge on any atom is 0.149 e. The molecule has 0 amide bonds. The number of hydrogen-bond donors (Lipinski definition) is 1. The topological polar surface area (TPSA) is 47.0 Å². The summed E-state index contributed by atoms with van der Waals surface area (Å²) in [5.74, 6) is 1.42. The first-order chi connectivity index (χ1) is 8.20. The van der Waals surface area contributed by atoms with Gasteiger partial charge in [0.15, 0.2) is 0 Å². The molecule has 1 heterocycles. The normalized spacial score (nSPS) is 10.1. The Kier molecular flexibility index (Phi) is 3.81. The number of aromatic nitrogens is 2. The molecular formula is C11H9BrClN3O. The van der Waals surface area contributed by atoms with Crippen LogP contribution in [0.2, 0.25) is 5.15 Å². The molecule has 0 radical (unpaired) electrons. The summed E-state index contributed by atoms with van der Waals surface area (Å²) in [5, 5.41) is 3.50. The molecule has 0 fully saturated rings. The minimum atomic E-state index is 0.371. The highest BCUT2D eigenvalue weighted by atomic mass is 79.9. The van der Waals surface area contributed by atoms with E-state index in [2.05, 4.69) is 31.2 Å². The number of halogens is 2. The van der Waals surface area contributed by atoms with Crippen molar-refractivity contribution in [2.24, 2.45) is 0 Å². The van der Waals surface area contributed by atoms with Gasteiger partial charge in [-0.2, -0.15) is 0 Å². The van der Waals surface area contributed by atoms with E-state index >= 15 is 0 Å². The van der Waals surface area contributed by atoms with Crippen LogP contribution in [0, 0.1) is 0 Å². The van der Waals surface area contributed by atoms with E-state index in [-0.39, 0.29) is 0 Å². The largest absolute Gasteiger partial charge is 0.497 e. The number of ether oxygens (including phenoxy) is 1. The maximum absolute atomic E-state index is 5.87. The fraction of sp³-hybridized carbons (Fsp3) is 0.0909. The third-order valence-corrected chi connectivity index (χ3v) is 3.37. The van der Waals surface area contributed by atoms with Gasteiger partial charge >= 0.3 is 0 Å². The number of nitrogens with zero attached hydrogens (tertiary/aromatic N) is 2. The zero-order chi connectivity index (χ0) is 12.3. The molecule has 17 heavy (non-hydrogen) atoms. The van der Waals surface area contributed by atoms with Crippen molar-refractivity contribution in [2.75, 3.05) is 12.4 Å². The summed E-state index contributed by atoms with van der Waals surface area (Å²) in [7, 11) is 1.63. The van der Waals surface area contributed by atoms with E-state index in [0.717, 1.165) is 11.4 Å². The van der Waals surface area contributed by atoms with Crippen molar-refractivity contribution in [1.82, 2.24) is 9.97 Å². The SMILES string of the molecule is COc1ccc(Nc2ncnc(Cl)c2Br)cc1. The molecule has 88 valence electrons. The summed E-state index contributed by atoms with van der Waals surface area (Å²) in [6, 6.07) is 7.50. The molecule has 0 spiro atoms. The third kappa shape index (κ3) is 2.87. The molecule has 2 aromatic rings. The van der Waals surface area contributed by atoms with E-state index in [1.807, 2.05) is 24.3 Å². The van der Waals surface area contributed by atoms with Gasteiger partial charge in [-0.1, -0.05) is 11.6 Å². The van der Waals surface area contributed by atoms with Crippen LogP contribution in [0.1, 0.15) is 0 Å². The lowest BCUT2D eigenvalue weighted by Gasteiger charge is -2.08. The van der Waals surface area contributed by atoms with Gasteiger partial charge in [0, 0.05) is 5.69 Å². The molecule has 0 atom stereocenters. The Balaban J connectivity index is 2.22. The van der Waals surface area contributed by atoms with E-state index in [4.69, 9.17) is 16.3 Å². The molecule has 1 N–H and O–H groups in total. The van der Waals surface area contributed by atoms with Crippen molar-refractivity contribution < 1.29 is 4.74 Å². The Morgan fingerprint density at radius 3 is 2.59 bits per heavy atom. The minimum Gasteiger partial charge on any atom is -0.497 e. The summed E-state index contributed by atoms with van der Waals surface area (Å²) in [6.07, 6.45) is 1.40. The molecule has 0 unspecified atom stereocenters. The Morgan fingerprint density at radius 2 is 1.94 bits per heavy atom. The van der Waals surface area contributed by atoms with Crippen LogP contribution in [-0.2, 0) is 0 Å². The van der Waals surface area contributed by atoms with Gasteiger partial charge in [-0.05, 0) is 40.2 Å². The monoisotopic (exact) mass is 313 g/mol. The van der Waals surface area contributed by atoms with Crippen LogP contribution in [0.15, 0.2) is 35.1 Å². The Labute approximate surface area is 112 Å². The molecule has 0 saturated carbocycles. The van der Waals surface area contributed by atoms with Crippen molar-refractivity contribution in [3.05, 3.63) is 40.2 Å². The van der Waals surface area contributed by atoms with E-state index in [0.29, 0.717) is 15.4 Å². The molecule has 0 aliphatic rings. The van der Waals surface area contributed by atoms with Gasteiger partial charge in [0.2, 0.25) is 0 Å². The summed E-state index contributed by atoms with van der Waals surface area (Å²) < 4.78 is 5.72.